The second-order valence-electron chi connectivity index (χ2n) is 10.1. The smallest absolute Gasteiger partial charge is 0.436 e. The lowest BCUT2D eigenvalue weighted by Gasteiger charge is -2.29. The predicted octanol–water partition coefficient (Wildman–Crippen LogP) is 3.90. The molecule has 10 heteroatoms. The molecule has 0 spiro atoms. The predicted molar refractivity (Wildman–Crippen MR) is 118 cm³/mol. The number of carbonyl (C=O) groups is 4. The number of ether oxygens (including phenoxy) is 3. The van der Waals surface area contributed by atoms with Gasteiger partial charge in [-0.1, -0.05) is 24.3 Å². The minimum atomic E-state index is -1.43. The molecule has 1 aromatic carbocycles. The van der Waals surface area contributed by atoms with Crippen LogP contribution in [0.15, 0.2) is 29.3 Å². The highest BCUT2D eigenvalue weighted by Gasteiger charge is 2.36. The molecule has 0 aliphatic rings. The van der Waals surface area contributed by atoms with E-state index in [9.17, 15) is 24.3 Å². The average Bonchev–Trinajstić information content (AvgIpc) is 2.56. The maximum Gasteiger partial charge on any atom is 0.436 e. The number of amides is 3. The molecule has 1 rings (SSSR count). The van der Waals surface area contributed by atoms with Crippen molar-refractivity contribution in [3.63, 3.8) is 0 Å². The van der Waals surface area contributed by atoms with Gasteiger partial charge in [0.25, 0.3) is 0 Å². The van der Waals surface area contributed by atoms with E-state index in [1.165, 1.54) is 24.3 Å². The zero-order valence-corrected chi connectivity index (χ0v) is 20.5. The molecule has 3 amide bonds. The van der Waals surface area contributed by atoms with Gasteiger partial charge in [0.2, 0.25) is 0 Å². The van der Waals surface area contributed by atoms with Crippen molar-refractivity contribution in [3.8, 4) is 0 Å². The molecule has 0 unspecified atom stereocenters. The van der Waals surface area contributed by atoms with Gasteiger partial charge < -0.3 is 24.1 Å². The molecule has 0 aromatic heterocycles. The Labute approximate surface area is 193 Å². The van der Waals surface area contributed by atoms with E-state index in [1.807, 2.05) is 0 Å². The summed E-state index contributed by atoms with van der Waals surface area (Å²) in [5.74, 6) is -1.89. The van der Waals surface area contributed by atoms with Gasteiger partial charge in [-0.2, -0.15) is 9.89 Å². The van der Waals surface area contributed by atoms with E-state index < -0.39 is 46.9 Å². The van der Waals surface area contributed by atoms with E-state index in [4.69, 9.17) is 14.2 Å². The molecule has 10 nitrogen and oxygen atoms in total. The van der Waals surface area contributed by atoms with E-state index in [2.05, 4.69) is 4.99 Å². The number of carbonyl (C=O) groups excluding carboxylic acids is 4. The van der Waals surface area contributed by atoms with Crippen LogP contribution in [0.3, 0.4) is 0 Å². The third-order valence-electron chi connectivity index (χ3n) is 3.33. The summed E-state index contributed by atoms with van der Waals surface area (Å²) in [4.78, 5) is 53.9. The molecule has 182 valence electrons. The van der Waals surface area contributed by atoms with Gasteiger partial charge in [-0.3, -0.25) is 0 Å². The maximum absolute atomic E-state index is 13.0. The molecule has 0 aliphatic carbocycles. The second kappa shape index (κ2) is 10.0. The fourth-order valence-corrected chi connectivity index (χ4v) is 2.23. The monoisotopic (exact) mass is 463 g/mol. The number of benzene rings is 1. The Kier molecular flexibility index (Phi) is 8.38. The van der Waals surface area contributed by atoms with Crippen LogP contribution in [0.4, 0.5) is 14.4 Å². The summed E-state index contributed by atoms with van der Waals surface area (Å²) >= 11 is 0. The van der Waals surface area contributed by atoms with Crippen molar-refractivity contribution in [1.29, 1.82) is 0 Å². The number of carboxylic acid groups (broad SMARTS) is 1. The molecule has 0 saturated carbocycles. The molecular formula is C23H31N2O8-. The Morgan fingerprint density at radius 1 is 0.697 bits per heavy atom. The Hall–Kier alpha value is -3.43. The van der Waals surface area contributed by atoms with Gasteiger partial charge in [0.15, 0.2) is 5.84 Å². The van der Waals surface area contributed by atoms with Gasteiger partial charge in [0, 0.05) is 5.56 Å². The van der Waals surface area contributed by atoms with Gasteiger partial charge in [0.05, 0.1) is 5.97 Å². The highest BCUT2D eigenvalue weighted by molar-refractivity contribution is 6.18. The molecule has 0 radical (unpaired) electrons. The highest BCUT2D eigenvalue weighted by Crippen LogP contribution is 2.19. The zero-order valence-electron chi connectivity index (χ0n) is 20.5. The van der Waals surface area contributed by atoms with E-state index in [0.717, 1.165) is 0 Å². The second-order valence-corrected chi connectivity index (χ2v) is 10.1. The van der Waals surface area contributed by atoms with Gasteiger partial charge in [-0.05, 0) is 67.9 Å². The minimum absolute atomic E-state index is 0.0579. The van der Waals surface area contributed by atoms with E-state index in [-0.39, 0.29) is 11.1 Å². The number of aliphatic imine (C=N–C) groups is 1. The van der Waals surface area contributed by atoms with Gasteiger partial charge in [-0.15, -0.1) is 0 Å². The first-order chi connectivity index (χ1) is 14.8. The highest BCUT2D eigenvalue weighted by atomic mass is 16.6. The number of hydrogen-bond donors (Lipinski definition) is 0. The Bertz CT molecular complexity index is 901. The fraction of sp³-hybridized carbons (Fsp3) is 0.522. The number of rotatable bonds is 2. The molecule has 0 saturated heterocycles. The van der Waals surface area contributed by atoms with E-state index in [0.29, 0.717) is 4.90 Å². The van der Waals surface area contributed by atoms with Crippen molar-refractivity contribution in [2.45, 2.75) is 79.1 Å². The first-order valence-corrected chi connectivity index (χ1v) is 10.2. The lowest BCUT2D eigenvalue weighted by molar-refractivity contribution is -0.255. The van der Waals surface area contributed by atoms with E-state index >= 15 is 0 Å². The topological polar surface area (TPSA) is 135 Å². The van der Waals surface area contributed by atoms with Crippen molar-refractivity contribution in [1.82, 2.24) is 4.90 Å². The normalized spacial score (nSPS) is 12.6. The van der Waals surface area contributed by atoms with Crippen molar-refractivity contribution in [2.24, 2.45) is 4.99 Å². The third-order valence-corrected chi connectivity index (χ3v) is 3.33. The van der Waals surface area contributed by atoms with Crippen LogP contribution in [0, 0.1) is 0 Å². The SMILES string of the molecule is CC(C)(C)OC(=O)N=C(c1ccc(C(=O)[O-])cc1)N(C(=O)OC(C)(C)C)C(=O)OC(C)(C)C. The average molecular weight is 464 g/mol. The van der Waals surface area contributed by atoms with E-state index in [1.54, 1.807) is 62.3 Å². The Balaban J connectivity index is 3.68. The maximum atomic E-state index is 13.0. The number of amidine groups is 1. The molecule has 0 bridgehead atoms. The van der Waals surface area contributed by atoms with Crippen molar-refractivity contribution in [3.05, 3.63) is 35.4 Å². The van der Waals surface area contributed by atoms with Crippen LogP contribution in [0.2, 0.25) is 0 Å². The Morgan fingerprint density at radius 3 is 1.39 bits per heavy atom. The van der Waals surface area contributed by atoms with Crippen molar-refractivity contribution >= 4 is 30.1 Å². The van der Waals surface area contributed by atoms with Crippen LogP contribution < -0.4 is 5.11 Å². The molecule has 0 fully saturated rings. The Morgan fingerprint density at radius 2 is 1.06 bits per heavy atom. The first-order valence-electron chi connectivity index (χ1n) is 10.2. The number of carboxylic acids is 1. The van der Waals surface area contributed by atoms with Crippen LogP contribution in [-0.4, -0.2) is 51.8 Å². The summed E-state index contributed by atoms with van der Waals surface area (Å²) in [7, 11) is 0. The number of hydrogen-bond acceptors (Lipinski definition) is 8. The third kappa shape index (κ3) is 9.71. The zero-order chi connectivity index (χ0) is 25.8. The minimum Gasteiger partial charge on any atom is -0.545 e. The number of aromatic carboxylic acids is 1. The van der Waals surface area contributed by atoms with Crippen molar-refractivity contribution < 1.29 is 38.5 Å². The lowest BCUT2D eigenvalue weighted by Crippen LogP contribution is -2.47. The lowest BCUT2D eigenvalue weighted by atomic mass is 10.1. The summed E-state index contributed by atoms with van der Waals surface area (Å²) in [6.07, 6.45) is -3.38. The van der Waals surface area contributed by atoms with Crippen LogP contribution >= 0.6 is 0 Å². The molecule has 0 N–H and O–H groups in total. The van der Waals surface area contributed by atoms with Crippen molar-refractivity contribution in [2.75, 3.05) is 0 Å². The van der Waals surface area contributed by atoms with Gasteiger partial charge in [-0.25, -0.2) is 14.4 Å². The molecular weight excluding hydrogens is 432 g/mol. The van der Waals surface area contributed by atoms with Gasteiger partial charge in [0.1, 0.15) is 16.8 Å². The van der Waals surface area contributed by atoms with Crippen LogP contribution in [0.5, 0.6) is 0 Å². The molecule has 0 heterocycles. The number of imide groups is 1. The molecule has 33 heavy (non-hydrogen) atoms. The summed E-state index contributed by atoms with van der Waals surface area (Å²) < 4.78 is 15.9. The molecule has 0 aliphatic heterocycles. The quantitative estimate of drug-likeness (QED) is 0.366. The molecule has 0 atom stereocenters. The first kappa shape index (κ1) is 27.6. The fourth-order valence-electron chi connectivity index (χ4n) is 2.23. The van der Waals surface area contributed by atoms with Crippen LogP contribution in [-0.2, 0) is 14.2 Å². The standard InChI is InChI=1S/C23H32N2O8/c1-21(2,3)31-18(28)24-16(14-10-12-15(13-11-14)17(26)27)25(19(29)32-22(4,5)6)20(30)33-23(7,8)9/h10-13H,1-9H3,(H,26,27)/p-1. The summed E-state index contributed by atoms with van der Waals surface area (Å²) in [5.41, 5.74) is -2.99. The largest absolute Gasteiger partial charge is 0.545 e. The van der Waals surface area contributed by atoms with Gasteiger partial charge >= 0.3 is 18.3 Å². The summed E-state index contributed by atoms with van der Waals surface area (Å²) in [6.45, 7) is 14.4. The van der Waals surface area contributed by atoms with Crippen LogP contribution in [0.25, 0.3) is 0 Å². The van der Waals surface area contributed by atoms with Crippen LogP contribution in [0.1, 0.15) is 78.2 Å². The molecule has 1 aromatic rings. The number of nitrogens with zero attached hydrogens (tertiary/aromatic N) is 2. The summed E-state index contributed by atoms with van der Waals surface area (Å²) in [6, 6.07) is 4.88. The summed E-state index contributed by atoms with van der Waals surface area (Å²) in [5, 5.41) is 11.1.